The fourth-order valence-electron chi connectivity index (χ4n) is 7.00. The quantitative estimate of drug-likeness (QED) is 0.307. The molecule has 2 bridgehead atoms. The number of piperazine rings is 1. The van der Waals surface area contributed by atoms with Crippen LogP contribution in [0.5, 0.6) is 5.75 Å². The molecule has 4 fully saturated rings. The minimum atomic E-state index is -0.664. The van der Waals surface area contributed by atoms with Gasteiger partial charge in [-0.3, -0.25) is 4.98 Å². The van der Waals surface area contributed by atoms with Crippen LogP contribution in [0.3, 0.4) is 0 Å². The monoisotopic (exact) mass is 553 g/mol. The van der Waals surface area contributed by atoms with Gasteiger partial charge in [-0.15, -0.1) is 6.42 Å². The number of hydrogen-bond donors (Lipinski definition) is 3. The van der Waals surface area contributed by atoms with Crippen molar-refractivity contribution in [2.24, 2.45) is 5.92 Å². The van der Waals surface area contributed by atoms with E-state index in [9.17, 15) is 14.6 Å². The average molecular weight is 554 g/mol. The lowest BCUT2D eigenvalue weighted by Crippen LogP contribution is -2.51. The number of anilines is 1. The van der Waals surface area contributed by atoms with Crippen molar-refractivity contribution in [1.29, 1.82) is 0 Å². The molecule has 0 spiro atoms. The van der Waals surface area contributed by atoms with Crippen molar-refractivity contribution in [1.82, 2.24) is 20.3 Å². The van der Waals surface area contributed by atoms with E-state index in [0.29, 0.717) is 46.3 Å². The number of rotatable bonds is 5. The molecule has 3 N–H and O–H groups in total. The van der Waals surface area contributed by atoms with Crippen LogP contribution in [0.2, 0.25) is 0 Å². The van der Waals surface area contributed by atoms with Gasteiger partial charge in [0.1, 0.15) is 34.4 Å². The molecule has 8 rings (SSSR count). The molecular weight excluding hydrogens is 524 g/mol. The van der Waals surface area contributed by atoms with Gasteiger partial charge in [-0.2, -0.15) is 0 Å². The number of phenolic OH excluding ortho intramolecular Hbond substituents is 1. The predicted molar refractivity (Wildman–Crippen MR) is 152 cm³/mol. The van der Waals surface area contributed by atoms with Crippen LogP contribution in [0, 0.1) is 29.9 Å². The molecule has 41 heavy (non-hydrogen) atoms. The zero-order valence-corrected chi connectivity index (χ0v) is 22.4. The molecule has 208 valence electrons. The van der Waals surface area contributed by atoms with Gasteiger partial charge < -0.3 is 20.4 Å². The summed E-state index contributed by atoms with van der Waals surface area (Å²) >= 11 is 0. The van der Waals surface area contributed by atoms with Gasteiger partial charge in [0.2, 0.25) is 0 Å². The van der Waals surface area contributed by atoms with Crippen LogP contribution in [0.1, 0.15) is 55.8 Å². The van der Waals surface area contributed by atoms with Gasteiger partial charge >= 0.3 is 0 Å². The van der Waals surface area contributed by atoms with Gasteiger partial charge in [0.25, 0.3) is 0 Å². The van der Waals surface area contributed by atoms with E-state index in [1.165, 1.54) is 24.3 Å². The van der Waals surface area contributed by atoms with Gasteiger partial charge in [0.15, 0.2) is 5.82 Å². The number of fused-ring (bicyclic) bond motifs is 4. The van der Waals surface area contributed by atoms with E-state index in [4.69, 9.17) is 16.4 Å². The molecule has 9 heteroatoms. The van der Waals surface area contributed by atoms with E-state index in [1.54, 1.807) is 6.20 Å². The van der Waals surface area contributed by atoms with E-state index in [0.717, 1.165) is 45.2 Å². The van der Waals surface area contributed by atoms with Crippen molar-refractivity contribution in [3.63, 3.8) is 0 Å². The lowest BCUT2D eigenvalue weighted by molar-refractivity contribution is 0.132. The first-order valence-electron chi connectivity index (χ1n) is 14.3. The highest BCUT2D eigenvalue weighted by Gasteiger charge is 2.50. The summed E-state index contributed by atoms with van der Waals surface area (Å²) in [5.41, 5.74) is -0.297. The number of nitrogens with one attached hydrogen (secondary N) is 1. The molecule has 4 aliphatic rings. The average Bonchev–Trinajstić information content (AvgIpc) is 3.87. The summed E-state index contributed by atoms with van der Waals surface area (Å²) in [4.78, 5) is 16.5. The number of terminal acetylenes is 1. The summed E-state index contributed by atoms with van der Waals surface area (Å²) in [5.74, 6) is 2.59. The second kappa shape index (κ2) is 8.81. The van der Waals surface area contributed by atoms with Crippen LogP contribution >= 0.6 is 0 Å². The molecular formula is C32H29F2N5O2. The summed E-state index contributed by atoms with van der Waals surface area (Å²) in [6, 6.07) is 6.29. The molecule has 7 nitrogen and oxygen atoms in total. The van der Waals surface area contributed by atoms with Crippen LogP contribution < -0.4 is 10.2 Å². The molecule has 2 aliphatic carbocycles. The van der Waals surface area contributed by atoms with Gasteiger partial charge in [-0.25, -0.2) is 18.7 Å². The van der Waals surface area contributed by atoms with Crippen LogP contribution in [0.25, 0.3) is 32.9 Å². The number of aliphatic hydroxyl groups is 1. The summed E-state index contributed by atoms with van der Waals surface area (Å²) < 4.78 is 31.4. The Morgan fingerprint density at radius 3 is 2.63 bits per heavy atom. The number of aromatic hydroxyl groups is 1. The Bertz CT molecular complexity index is 1790. The third-order valence-electron chi connectivity index (χ3n) is 9.37. The molecule has 0 radical (unpaired) electrons. The summed E-state index contributed by atoms with van der Waals surface area (Å²) in [6.07, 6.45) is 12.7. The number of nitrogens with zero attached hydrogens (tertiary/aromatic N) is 4. The van der Waals surface area contributed by atoms with E-state index in [-0.39, 0.29) is 39.9 Å². The Morgan fingerprint density at radius 1 is 1.12 bits per heavy atom. The summed E-state index contributed by atoms with van der Waals surface area (Å²) in [7, 11) is 0. The Labute approximate surface area is 235 Å². The van der Waals surface area contributed by atoms with Crippen molar-refractivity contribution >= 4 is 27.5 Å². The Kier molecular flexibility index (Phi) is 5.35. The third kappa shape index (κ3) is 4.12. The van der Waals surface area contributed by atoms with Crippen molar-refractivity contribution < 1.29 is 19.0 Å². The van der Waals surface area contributed by atoms with Crippen molar-refractivity contribution in [3.05, 3.63) is 53.5 Å². The minimum absolute atomic E-state index is 0.0158. The predicted octanol–water partition coefficient (Wildman–Crippen LogP) is 4.77. The van der Waals surface area contributed by atoms with E-state index in [2.05, 4.69) is 21.1 Å². The first-order valence-corrected chi connectivity index (χ1v) is 14.3. The third-order valence-corrected chi connectivity index (χ3v) is 9.37. The smallest absolute Gasteiger partial charge is 0.175 e. The van der Waals surface area contributed by atoms with Gasteiger partial charge in [-0.05, 0) is 68.0 Å². The van der Waals surface area contributed by atoms with Gasteiger partial charge in [0, 0.05) is 48.2 Å². The molecule has 4 unspecified atom stereocenters. The Hall–Kier alpha value is -3.87. The van der Waals surface area contributed by atoms with E-state index in [1.807, 2.05) is 0 Å². The molecule has 2 saturated heterocycles. The Morgan fingerprint density at radius 2 is 1.90 bits per heavy atom. The fraction of sp³-hybridized carbons (Fsp3) is 0.406. The van der Waals surface area contributed by atoms with Crippen LogP contribution in [-0.4, -0.2) is 55.9 Å². The zero-order valence-electron chi connectivity index (χ0n) is 22.4. The number of aromatic nitrogens is 3. The second-order valence-corrected chi connectivity index (χ2v) is 12.3. The summed E-state index contributed by atoms with van der Waals surface area (Å²) in [5, 5.41) is 25.9. The maximum Gasteiger partial charge on any atom is 0.175 e. The van der Waals surface area contributed by atoms with Gasteiger partial charge in [0.05, 0.1) is 16.6 Å². The molecule has 2 aliphatic heterocycles. The van der Waals surface area contributed by atoms with Crippen LogP contribution in [0.4, 0.5) is 14.6 Å². The van der Waals surface area contributed by atoms with Gasteiger partial charge in [-0.1, -0.05) is 12.0 Å². The number of halogens is 2. The normalized spacial score (nSPS) is 26.0. The van der Waals surface area contributed by atoms with Crippen LogP contribution in [-0.2, 0) is 0 Å². The molecule has 4 heterocycles. The molecule has 2 aromatic carbocycles. The lowest BCUT2D eigenvalue weighted by Gasteiger charge is -2.34. The highest BCUT2D eigenvalue weighted by Crippen LogP contribution is 2.55. The largest absolute Gasteiger partial charge is 0.508 e. The molecule has 4 atom stereocenters. The van der Waals surface area contributed by atoms with Crippen molar-refractivity contribution in [2.75, 3.05) is 18.0 Å². The second-order valence-electron chi connectivity index (χ2n) is 12.3. The first-order chi connectivity index (χ1) is 19.8. The fourth-order valence-corrected chi connectivity index (χ4v) is 7.00. The van der Waals surface area contributed by atoms with E-state index < -0.39 is 17.2 Å². The van der Waals surface area contributed by atoms with E-state index >= 15 is 4.39 Å². The first kappa shape index (κ1) is 24.9. The maximum atomic E-state index is 16.7. The number of pyridine rings is 1. The highest BCUT2D eigenvalue weighted by molar-refractivity contribution is 6.03. The zero-order chi connectivity index (χ0) is 28.0. The standard InChI is InChI=1S/C32H29F2N5O2/c1-2-21-25(33)6-3-16-9-20(40)11-23(26(16)21)28-27(34)29-24(13-35-28)31(39-14-18-4-5-19(15-39)36-18)38-30(37-29)22-10-17(22)12-32(41)7-8-32/h1,3,6,9,11,13,17-19,22,36,40-41H,4-5,7-8,10,12,14-15H2. The van der Waals surface area contributed by atoms with Crippen LogP contribution in [0.15, 0.2) is 30.5 Å². The highest BCUT2D eigenvalue weighted by atomic mass is 19.1. The minimum Gasteiger partial charge on any atom is -0.508 e. The van der Waals surface area contributed by atoms with Crippen molar-refractivity contribution in [3.8, 4) is 29.4 Å². The van der Waals surface area contributed by atoms with Crippen molar-refractivity contribution in [2.45, 2.75) is 62.1 Å². The Balaban J connectivity index is 1.31. The molecule has 4 aromatic rings. The maximum absolute atomic E-state index is 16.7. The number of benzene rings is 2. The SMILES string of the molecule is C#Cc1c(F)ccc2cc(O)cc(-c3ncc4c(N5CC6CCC(C5)N6)nc(C5CC5CC5(O)CC5)nc4c3F)c12. The molecule has 2 saturated carbocycles. The molecule has 0 amide bonds. The number of hydrogen-bond acceptors (Lipinski definition) is 7. The number of phenols is 1. The lowest BCUT2D eigenvalue weighted by atomic mass is 9.95. The summed E-state index contributed by atoms with van der Waals surface area (Å²) in [6.45, 7) is 1.53. The topological polar surface area (TPSA) is 94.4 Å². The molecule has 2 aromatic heterocycles.